The Labute approximate surface area is 222 Å². The van der Waals surface area contributed by atoms with Gasteiger partial charge in [-0.05, 0) is 22.1 Å². The maximum Gasteiger partial charge on any atom is 0.164 e. The largest absolute Gasteiger partial charge is 0.208 e. The van der Waals surface area contributed by atoms with Gasteiger partial charge in [0.15, 0.2) is 17.2 Å². The summed E-state index contributed by atoms with van der Waals surface area (Å²) in [7, 11) is -1.56. The van der Waals surface area contributed by atoms with E-state index in [1.165, 1.54) is 36.9 Å². The van der Waals surface area contributed by atoms with Crippen molar-refractivity contribution >= 4 is 52.6 Å². The predicted octanol–water partition coefficient (Wildman–Crippen LogP) is 7.56. The van der Waals surface area contributed by atoms with Gasteiger partial charge in [-0.15, -0.1) is 0 Å². The maximum absolute atomic E-state index is 5.19. The number of aromatic nitrogens is 3. The molecule has 2 unspecified atom stereocenters. The quantitative estimate of drug-likeness (QED) is 0.225. The minimum absolute atomic E-state index is 0.599. The van der Waals surface area contributed by atoms with Gasteiger partial charge in [0.25, 0.3) is 0 Å². The van der Waals surface area contributed by atoms with Crippen molar-refractivity contribution in [2.75, 3.05) is 0 Å². The van der Waals surface area contributed by atoms with Crippen LogP contribution in [-0.2, 0) is 0 Å². The van der Waals surface area contributed by atoms with Crippen molar-refractivity contribution < 1.29 is 0 Å². The second-order valence-electron chi connectivity index (χ2n) is 9.36. The zero-order chi connectivity index (χ0) is 25.1. The highest BCUT2D eigenvalue weighted by atomic mass is 31.1. The zero-order valence-electron chi connectivity index (χ0n) is 20.4. The third-order valence-corrected chi connectivity index (χ3v) is 12.5. The normalized spacial score (nSPS) is 14.5. The van der Waals surface area contributed by atoms with E-state index in [-0.39, 0.29) is 0 Å². The molecule has 0 amide bonds. The van der Waals surface area contributed by atoms with E-state index in [1.54, 1.807) is 0 Å². The van der Waals surface area contributed by atoms with Crippen LogP contribution < -0.4 is 16.2 Å². The summed E-state index contributed by atoms with van der Waals surface area (Å²) >= 11 is 0. The molecule has 38 heavy (non-hydrogen) atoms. The van der Waals surface area contributed by atoms with Gasteiger partial charge in [0, 0.05) is 39.9 Å². The molecule has 0 radical (unpaired) electrons. The fourth-order valence-electron chi connectivity index (χ4n) is 5.52. The minimum atomic E-state index is -0.963. The van der Waals surface area contributed by atoms with Crippen LogP contribution in [0.25, 0.3) is 49.1 Å². The standard InChI is InChI=1S/C33H21N3P2/c1-3-12-22(13-4-1)31-34-32(23-14-5-2-6-15-23)36-33(35-31)38-28-20-10-9-19-27(28)37-26-18-8-7-16-24(26)25-17-11-21-29(38)30(25)37/h1-21H. The van der Waals surface area contributed by atoms with Gasteiger partial charge >= 0.3 is 0 Å². The number of hydrogen-bond donors (Lipinski definition) is 0. The summed E-state index contributed by atoms with van der Waals surface area (Å²) in [6, 6.07) is 45.2. The number of nitrogens with zero attached hydrogens (tertiary/aromatic N) is 3. The summed E-state index contributed by atoms with van der Waals surface area (Å²) in [4.78, 5) is 15.3. The third kappa shape index (κ3) is 3.30. The molecule has 0 aliphatic carbocycles. The van der Waals surface area contributed by atoms with Crippen LogP contribution in [0.5, 0.6) is 0 Å². The summed E-state index contributed by atoms with van der Waals surface area (Å²) < 4.78 is 0. The van der Waals surface area contributed by atoms with E-state index in [0.29, 0.717) is 0 Å². The molecule has 178 valence electrons. The lowest BCUT2D eigenvalue weighted by Crippen LogP contribution is -2.29. The molecule has 8 rings (SSSR count). The molecule has 0 saturated heterocycles. The van der Waals surface area contributed by atoms with Crippen LogP contribution >= 0.6 is 15.5 Å². The average Bonchev–Trinajstić information content (AvgIpc) is 3.34. The van der Waals surface area contributed by atoms with E-state index in [2.05, 4.69) is 91.0 Å². The lowest BCUT2D eigenvalue weighted by Gasteiger charge is -2.27. The monoisotopic (exact) mass is 521 g/mol. The molecule has 0 saturated carbocycles. The lowest BCUT2D eigenvalue weighted by molar-refractivity contribution is 1.11. The number of hydrogen-bond acceptors (Lipinski definition) is 3. The Morgan fingerprint density at radius 2 is 0.974 bits per heavy atom. The van der Waals surface area contributed by atoms with Crippen molar-refractivity contribution in [2.24, 2.45) is 0 Å². The van der Waals surface area contributed by atoms with Crippen molar-refractivity contribution in [1.82, 2.24) is 15.0 Å². The highest BCUT2D eigenvalue weighted by molar-refractivity contribution is 7.85. The molecule has 7 aromatic rings. The Bertz CT molecular complexity index is 1920. The molecule has 2 atom stereocenters. The molecule has 5 heteroatoms. The second kappa shape index (κ2) is 8.71. The number of rotatable bonds is 3. The topological polar surface area (TPSA) is 38.7 Å². The van der Waals surface area contributed by atoms with Crippen molar-refractivity contribution in [3.8, 4) is 28.1 Å². The second-order valence-corrected chi connectivity index (χ2v) is 13.5. The first-order valence-electron chi connectivity index (χ1n) is 12.7. The minimum Gasteiger partial charge on any atom is -0.208 e. The van der Waals surface area contributed by atoms with Gasteiger partial charge in [-0.2, -0.15) is 0 Å². The Morgan fingerprint density at radius 3 is 1.68 bits per heavy atom. The molecular weight excluding hydrogens is 500 g/mol. The predicted molar refractivity (Wildman–Crippen MR) is 162 cm³/mol. The summed E-state index contributed by atoms with van der Waals surface area (Å²) in [6.45, 7) is 0. The molecule has 1 aliphatic heterocycles. The molecule has 0 fully saturated rings. The van der Waals surface area contributed by atoms with Crippen LogP contribution in [0.15, 0.2) is 127 Å². The van der Waals surface area contributed by atoms with Crippen molar-refractivity contribution in [3.63, 3.8) is 0 Å². The maximum atomic E-state index is 5.19. The van der Waals surface area contributed by atoms with Crippen LogP contribution in [0.2, 0.25) is 0 Å². The molecule has 0 bridgehead atoms. The molecule has 0 N–H and O–H groups in total. The van der Waals surface area contributed by atoms with Crippen LogP contribution in [0.4, 0.5) is 0 Å². The Morgan fingerprint density at radius 1 is 0.421 bits per heavy atom. The Hall–Kier alpha value is -4.16. The van der Waals surface area contributed by atoms with Gasteiger partial charge in [-0.3, -0.25) is 0 Å². The zero-order valence-corrected chi connectivity index (χ0v) is 22.1. The molecular formula is C33H21N3P2. The average molecular weight is 522 g/mol. The van der Waals surface area contributed by atoms with Gasteiger partial charge < -0.3 is 0 Å². The van der Waals surface area contributed by atoms with Gasteiger partial charge in [0.1, 0.15) is 0 Å². The summed E-state index contributed by atoms with van der Waals surface area (Å²) in [5, 5.41) is 9.84. The Balaban J connectivity index is 1.46. The molecule has 3 nitrogen and oxygen atoms in total. The third-order valence-electron chi connectivity index (χ3n) is 7.17. The van der Waals surface area contributed by atoms with E-state index >= 15 is 0 Å². The Kier molecular flexibility index (Phi) is 5.01. The van der Waals surface area contributed by atoms with E-state index < -0.39 is 15.5 Å². The highest BCUT2D eigenvalue weighted by Crippen LogP contribution is 2.60. The van der Waals surface area contributed by atoms with Gasteiger partial charge in [0.05, 0.1) is 0 Å². The molecule has 2 aromatic heterocycles. The SMILES string of the molecule is c1ccc(-c2nc(-c3ccccc3)nc(P3c4ccccc4-p4c5ccccc5c5cccc3c54)n2)cc1. The first-order chi connectivity index (χ1) is 18.9. The molecule has 5 aromatic carbocycles. The van der Waals surface area contributed by atoms with Crippen molar-refractivity contribution in [1.29, 1.82) is 0 Å². The summed E-state index contributed by atoms with van der Waals surface area (Å²) in [6.07, 6.45) is 0. The summed E-state index contributed by atoms with van der Waals surface area (Å²) in [5.41, 5.74) is 2.86. The fourth-order valence-corrected chi connectivity index (χ4v) is 11.6. The highest BCUT2D eigenvalue weighted by Gasteiger charge is 2.33. The smallest absolute Gasteiger partial charge is 0.164 e. The van der Waals surface area contributed by atoms with Crippen LogP contribution in [0.1, 0.15) is 0 Å². The molecule has 3 heterocycles. The van der Waals surface area contributed by atoms with Crippen molar-refractivity contribution in [2.45, 2.75) is 0 Å². The van der Waals surface area contributed by atoms with E-state index in [9.17, 15) is 0 Å². The first-order valence-corrected chi connectivity index (χ1v) is 15.3. The van der Waals surface area contributed by atoms with Crippen LogP contribution in [-0.4, -0.2) is 15.0 Å². The number of fused-ring (bicyclic) bond motifs is 5. The number of benzene rings is 5. The van der Waals surface area contributed by atoms with Gasteiger partial charge in [-0.25, -0.2) is 15.0 Å². The van der Waals surface area contributed by atoms with Gasteiger partial charge in [-0.1, -0.05) is 129 Å². The van der Waals surface area contributed by atoms with E-state index in [4.69, 9.17) is 15.0 Å². The van der Waals surface area contributed by atoms with Crippen molar-refractivity contribution in [3.05, 3.63) is 127 Å². The lowest BCUT2D eigenvalue weighted by atomic mass is 10.1. The first kappa shape index (κ1) is 21.9. The van der Waals surface area contributed by atoms with E-state index in [1.807, 2.05) is 36.4 Å². The van der Waals surface area contributed by atoms with Crippen LogP contribution in [0.3, 0.4) is 0 Å². The van der Waals surface area contributed by atoms with E-state index in [0.717, 1.165) is 28.3 Å². The molecule has 0 spiro atoms. The van der Waals surface area contributed by atoms with Crippen LogP contribution in [0, 0.1) is 0 Å². The fraction of sp³-hybridized carbons (Fsp3) is 0. The van der Waals surface area contributed by atoms with Gasteiger partial charge in [0.2, 0.25) is 0 Å². The molecule has 1 aliphatic rings. The summed E-state index contributed by atoms with van der Waals surface area (Å²) in [5.74, 6) is 1.44.